The van der Waals surface area contributed by atoms with Gasteiger partial charge in [0.05, 0.1) is 19.2 Å². The van der Waals surface area contributed by atoms with E-state index in [0.717, 1.165) is 5.56 Å². The lowest BCUT2D eigenvalue weighted by molar-refractivity contribution is -0.138. The molecule has 0 fully saturated rings. The number of aliphatic carboxylic acids is 1. The van der Waals surface area contributed by atoms with Crippen molar-refractivity contribution in [2.75, 3.05) is 12.4 Å². The minimum atomic E-state index is -0.887. The number of hydrogen-bond donors (Lipinski definition) is 2. The van der Waals surface area contributed by atoms with Gasteiger partial charge in [-0.25, -0.2) is 0 Å². The SMILES string of the molecule is COc1cccc(C(C)(C)CC(=O)O)c1NC(C)=O. The van der Waals surface area contributed by atoms with Crippen molar-refractivity contribution < 1.29 is 19.4 Å². The molecule has 0 aliphatic heterocycles. The normalized spacial score (nSPS) is 10.9. The maximum atomic E-state index is 11.3. The standard InChI is InChI=1S/C14H19NO4/c1-9(16)15-13-10(6-5-7-11(13)19-4)14(2,3)8-12(17)18/h5-7H,8H2,1-4H3,(H,15,16)(H,17,18). The predicted octanol–water partition coefficient (Wildman–Crippen LogP) is 2.41. The molecule has 104 valence electrons. The molecule has 0 bridgehead atoms. The number of amides is 1. The highest BCUT2D eigenvalue weighted by molar-refractivity contribution is 5.92. The smallest absolute Gasteiger partial charge is 0.304 e. The first-order valence-electron chi connectivity index (χ1n) is 5.95. The summed E-state index contributed by atoms with van der Waals surface area (Å²) < 4.78 is 5.22. The fourth-order valence-corrected chi connectivity index (χ4v) is 2.04. The van der Waals surface area contributed by atoms with Crippen molar-refractivity contribution in [1.82, 2.24) is 0 Å². The van der Waals surface area contributed by atoms with Gasteiger partial charge in [-0.3, -0.25) is 9.59 Å². The number of ether oxygens (including phenoxy) is 1. The van der Waals surface area contributed by atoms with Gasteiger partial charge in [0.1, 0.15) is 5.75 Å². The van der Waals surface area contributed by atoms with E-state index >= 15 is 0 Å². The molecule has 0 saturated carbocycles. The van der Waals surface area contributed by atoms with Crippen LogP contribution in [-0.2, 0) is 15.0 Å². The number of para-hydroxylation sites is 1. The third-order valence-corrected chi connectivity index (χ3v) is 2.87. The molecule has 2 N–H and O–H groups in total. The van der Waals surface area contributed by atoms with E-state index in [2.05, 4.69) is 5.32 Å². The first-order valence-corrected chi connectivity index (χ1v) is 5.95. The van der Waals surface area contributed by atoms with Crippen molar-refractivity contribution >= 4 is 17.6 Å². The van der Waals surface area contributed by atoms with Gasteiger partial charge >= 0.3 is 5.97 Å². The van der Waals surface area contributed by atoms with Crippen LogP contribution in [0, 0.1) is 0 Å². The lowest BCUT2D eigenvalue weighted by atomic mass is 9.80. The molecule has 0 saturated heterocycles. The summed E-state index contributed by atoms with van der Waals surface area (Å²) in [5.74, 6) is -0.593. The number of carboxylic acid groups (broad SMARTS) is 1. The minimum Gasteiger partial charge on any atom is -0.495 e. The quantitative estimate of drug-likeness (QED) is 0.857. The lowest BCUT2D eigenvalue weighted by Crippen LogP contribution is -2.24. The average molecular weight is 265 g/mol. The Morgan fingerprint density at radius 3 is 2.47 bits per heavy atom. The molecule has 0 heterocycles. The van der Waals surface area contributed by atoms with E-state index in [1.54, 1.807) is 18.2 Å². The number of methoxy groups -OCH3 is 1. The predicted molar refractivity (Wildman–Crippen MR) is 72.6 cm³/mol. The number of anilines is 1. The molecule has 0 atom stereocenters. The second kappa shape index (κ2) is 5.73. The Kier molecular flexibility index (Phi) is 4.53. The topological polar surface area (TPSA) is 75.6 Å². The molecule has 19 heavy (non-hydrogen) atoms. The van der Waals surface area contributed by atoms with E-state index in [1.165, 1.54) is 14.0 Å². The van der Waals surface area contributed by atoms with Gasteiger partial charge in [0.2, 0.25) is 5.91 Å². The summed E-state index contributed by atoms with van der Waals surface area (Å²) in [6, 6.07) is 5.31. The second-order valence-corrected chi connectivity index (χ2v) is 5.02. The van der Waals surface area contributed by atoms with Gasteiger partial charge in [-0.15, -0.1) is 0 Å². The molecule has 1 aromatic carbocycles. The van der Waals surface area contributed by atoms with Gasteiger partial charge in [-0.05, 0) is 11.6 Å². The van der Waals surface area contributed by atoms with Crippen molar-refractivity contribution in [2.45, 2.75) is 32.6 Å². The van der Waals surface area contributed by atoms with E-state index in [-0.39, 0.29) is 12.3 Å². The van der Waals surface area contributed by atoms with Crippen molar-refractivity contribution in [3.05, 3.63) is 23.8 Å². The molecule has 0 aliphatic carbocycles. The fraction of sp³-hybridized carbons (Fsp3) is 0.429. The van der Waals surface area contributed by atoms with E-state index in [1.807, 2.05) is 13.8 Å². The Balaban J connectivity index is 3.32. The molecular formula is C14H19NO4. The molecule has 5 heteroatoms. The molecule has 0 unspecified atom stereocenters. The Morgan fingerprint density at radius 1 is 1.37 bits per heavy atom. The maximum Gasteiger partial charge on any atom is 0.304 e. The highest BCUT2D eigenvalue weighted by Crippen LogP contribution is 2.38. The van der Waals surface area contributed by atoms with Gasteiger partial charge in [-0.1, -0.05) is 26.0 Å². The number of hydrogen-bond acceptors (Lipinski definition) is 3. The molecule has 0 radical (unpaired) electrons. The minimum absolute atomic E-state index is 0.0350. The molecule has 1 amide bonds. The number of carbonyl (C=O) groups excluding carboxylic acids is 1. The number of nitrogens with one attached hydrogen (secondary N) is 1. The number of carbonyl (C=O) groups is 2. The Labute approximate surface area is 112 Å². The largest absolute Gasteiger partial charge is 0.495 e. The van der Waals surface area contributed by atoms with Gasteiger partial charge in [0.25, 0.3) is 0 Å². The van der Waals surface area contributed by atoms with Crippen molar-refractivity contribution in [1.29, 1.82) is 0 Å². The van der Waals surface area contributed by atoms with Crippen LogP contribution in [0.15, 0.2) is 18.2 Å². The average Bonchev–Trinajstić information content (AvgIpc) is 2.26. The zero-order chi connectivity index (χ0) is 14.6. The van der Waals surface area contributed by atoms with Gasteiger partial charge in [-0.2, -0.15) is 0 Å². The monoisotopic (exact) mass is 265 g/mol. The van der Waals surface area contributed by atoms with Gasteiger partial charge in [0.15, 0.2) is 0 Å². The summed E-state index contributed by atoms with van der Waals surface area (Å²) in [5.41, 5.74) is 0.659. The van der Waals surface area contributed by atoms with Crippen LogP contribution in [0.2, 0.25) is 0 Å². The Morgan fingerprint density at radius 2 is 2.00 bits per heavy atom. The molecule has 0 aliphatic rings. The van der Waals surface area contributed by atoms with Crippen LogP contribution in [0.1, 0.15) is 32.8 Å². The third-order valence-electron chi connectivity index (χ3n) is 2.87. The summed E-state index contributed by atoms with van der Waals surface area (Å²) in [5, 5.41) is 11.7. The van der Waals surface area contributed by atoms with Crippen LogP contribution >= 0.6 is 0 Å². The van der Waals surface area contributed by atoms with E-state index in [9.17, 15) is 9.59 Å². The van der Waals surface area contributed by atoms with Crippen LogP contribution in [0.4, 0.5) is 5.69 Å². The summed E-state index contributed by atoms with van der Waals surface area (Å²) in [6.07, 6.45) is -0.0350. The summed E-state index contributed by atoms with van der Waals surface area (Å²) in [7, 11) is 1.51. The van der Waals surface area contributed by atoms with Crippen LogP contribution in [-0.4, -0.2) is 24.1 Å². The van der Waals surface area contributed by atoms with Crippen molar-refractivity contribution in [2.24, 2.45) is 0 Å². The zero-order valence-electron chi connectivity index (χ0n) is 11.6. The molecule has 1 aromatic rings. The highest BCUT2D eigenvalue weighted by Gasteiger charge is 2.28. The first-order chi connectivity index (χ1) is 8.77. The molecule has 0 spiro atoms. The Bertz CT molecular complexity index is 494. The van der Waals surface area contributed by atoms with Crippen LogP contribution in [0.5, 0.6) is 5.75 Å². The number of benzene rings is 1. The summed E-state index contributed by atoms with van der Waals surface area (Å²) in [4.78, 5) is 22.3. The molecular weight excluding hydrogens is 246 g/mol. The molecule has 1 rings (SSSR count). The van der Waals surface area contributed by atoms with E-state index in [0.29, 0.717) is 11.4 Å². The van der Waals surface area contributed by atoms with Gasteiger partial charge in [0, 0.05) is 12.3 Å². The second-order valence-electron chi connectivity index (χ2n) is 5.02. The van der Waals surface area contributed by atoms with E-state index < -0.39 is 11.4 Å². The van der Waals surface area contributed by atoms with Crippen LogP contribution in [0.3, 0.4) is 0 Å². The van der Waals surface area contributed by atoms with Crippen molar-refractivity contribution in [3.8, 4) is 5.75 Å². The third kappa shape index (κ3) is 3.71. The zero-order valence-corrected chi connectivity index (χ0v) is 11.6. The van der Waals surface area contributed by atoms with Crippen molar-refractivity contribution in [3.63, 3.8) is 0 Å². The summed E-state index contributed by atoms with van der Waals surface area (Å²) >= 11 is 0. The van der Waals surface area contributed by atoms with Crippen LogP contribution in [0.25, 0.3) is 0 Å². The number of carboxylic acids is 1. The van der Waals surface area contributed by atoms with E-state index in [4.69, 9.17) is 9.84 Å². The number of rotatable bonds is 5. The molecule has 5 nitrogen and oxygen atoms in total. The Hall–Kier alpha value is -2.04. The van der Waals surface area contributed by atoms with Crippen LogP contribution < -0.4 is 10.1 Å². The summed E-state index contributed by atoms with van der Waals surface area (Å²) in [6.45, 7) is 5.04. The highest BCUT2D eigenvalue weighted by atomic mass is 16.5. The first kappa shape index (κ1) is 15.0. The lowest BCUT2D eigenvalue weighted by Gasteiger charge is -2.27. The van der Waals surface area contributed by atoms with Gasteiger partial charge < -0.3 is 15.2 Å². The molecule has 0 aromatic heterocycles. The maximum absolute atomic E-state index is 11.3. The fourth-order valence-electron chi connectivity index (χ4n) is 2.04.